The van der Waals surface area contributed by atoms with Crippen molar-refractivity contribution in [3.8, 4) is 0 Å². The van der Waals surface area contributed by atoms with Gasteiger partial charge >= 0.3 is 0 Å². The van der Waals surface area contributed by atoms with Gasteiger partial charge in [-0.25, -0.2) is 0 Å². The molecule has 0 aromatic heterocycles. The second-order valence-corrected chi connectivity index (χ2v) is 7.68. The average molecular weight is 331 g/mol. The van der Waals surface area contributed by atoms with Gasteiger partial charge in [0.15, 0.2) is 0 Å². The van der Waals surface area contributed by atoms with E-state index in [1.807, 2.05) is 18.2 Å². The van der Waals surface area contributed by atoms with Crippen molar-refractivity contribution in [2.24, 2.45) is 0 Å². The summed E-state index contributed by atoms with van der Waals surface area (Å²) in [5.41, 5.74) is 3.67. The number of benzene rings is 3. The van der Waals surface area contributed by atoms with Gasteiger partial charge in [-0.2, -0.15) is 0 Å². The molecule has 0 radical (unpaired) electrons. The van der Waals surface area contributed by atoms with Gasteiger partial charge in [0.05, 0.1) is 5.04 Å². The van der Waals surface area contributed by atoms with Crippen LogP contribution in [-0.2, 0) is 9.83 Å². The summed E-state index contributed by atoms with van der Waals surface area (Å²) in [6, 6.07) is 31.5. The van der Waals surface area contributed by atoms with Gasteiger partial charge in [0, 0.05) is 6.92 Å². The maximum atomic E-state index is 11.7. The van der Waals surface area contributed by atoms with E-state index in [2.05, 4.69) is 77.8 Å². The standard InChI is InChI=1S/C21H21NOSi/c1-17(23)22-24-21(18-11-5-2-6-12-18,19-13-7-3-8-14-19)20-15-9-4-10-16-20/h2-16H,24H2,1H3,(H,22,23). The Morgan fingerprint density at radius 3 is 1.33 bits per heavy atom. The SMILES string of the molecule is CC(=O)N[SiH2]C(c1ccccc1)(c1ccccc1)c1ccccc1. The van der Waals surface area contributed by atoms with Crippen LogP contribution in [0.5, 0.6) is 0 Å². The minimum Gasteiger partial charge on any atom is -0.386 e. The summed E-state index contributed by atoms with van der Waals surface area (Å²) in [6.45, 7) is 1.60. The lowest BCUT2D eigenvalue weighted by molar-refractivity contribution is -0.117. The summed E-state index contributed by atoms with van der Waals surface area (Å²) in [5.74, 6) is 0.0360. The monoisotopic (exact) mass is 331 g/mol. The van der Waals surface area contributed by atoms with Crippen molar-refractivity contribution < 1.29 is 4.79 Å². The van der Waals surface area contributed by atoms with Gasteiger partial charge in [0.1, 0.15) is 9.68 Å². The first-order valence-corrected chi connectivity index (χ1v) is 9.56. The van der Waals surface area contributed by atoms with Crippen LogP contribution < -0.4 is 4.98 Å². The highest BCUT2D eigenvalue weighted by Gasteiger charge is 2.36. The minimum atomic E-state index is -1.02. The molecule has 24 heavy (non-hydrogen) atoms. The number of hydrogen-bond acceptors (Lipinski definition) is 1. The summed E-state index contributed by atoms with van der Waals surface area (Å²) in [7, 11) is -1.02. The predicted octanol–water partition coefficient (Wildman–Crippen LogP) is 3.20. The third-order valence-electron chi connectivity index (χ3n) is 4.40. The number of rotatable bonds is 5. The Balaban J connectivity index is 2.26. The maximum Gasteiger partial charge on any atom is 0.208 e. The molecule has 0 heterocycles. The van der Waals surface area contributed by atoms with Crippen LogP contribution in [0.15, 0.2) is 91.0 Å². The summed E-state index contributed by atoms with van der Waals surface area (Å²) in [6.07, 6.45) is 0. The van der Waals surface area contributed by atoms with E-state index in [1.54, 1.807) is 6.92 Å². The topological polar surface area (TPSA) is 29.1 Å². The molecule has 120 valence electrons. The molecule has 1 amide bonds. The first-order valence-electron chi connectivity index (χ1n) is 8.14. The van der Waals surface area contributed by atoms with Crippen LogP contribution in [-0.4, -0.2) is 15.6 Å². The molecule has 0 unspecified atom stereocenters. The van der Waals surface area contributed by atoms with E-state index in [1.165, 1.54) is 16.7 Å². The lowest BCUT2D eigenvalue weighted by atomic mass is 9.84. The van der Waals surface area contributed by atoms with Crippen LogP contribution in [0.4, 0.5) is 0 Å². The van der Waals surface area contributed by atoms with Crippen molar-refractivity contribution in [3.05, 3.63) is 108 Å². The van der Waals surface area contributed by atoms with E-state index in [0.717, 1.165) is 0 Å². The minimum absolute atomic E-state index is 0.0360. The lowest BCUT2D eigenvalue weighted by Crippen LogP contribution is -2.45. The third kappa shape index (κ3) is 3.17. The Labute approximate surface area is 145 Å². The zero-order valence-corrected chi connectivity index (χ0v) is 15.2. The van der Waals surface area contributed by atoms with Crippen LogP contribution in [0.2, 0.25) is 0 Å². The Bertz CT molecular complexity index is 691. The molecule has 0 saturated heterocycles. The first kappa shape index (κ1) is 16.2. The van der Waals surface area contributed by atoms with E-state index in [0.29, 0.717) is 0 Å². The molecule has 0 bridgehead atoms. The molecule has 3 aromatic rings. The second-order valence-electron chi connectivity index (χ2n) is 5.91. The van der Waals surface area contributed by atoms with E-state index in [4.69, 9.17) is 0 Å². The van der Waals surface area contributed by atoms with E-state index < -0.39 is 9.68 Å². The van der Waals surface area contributed by atoms with E-state index in [-0.39, 0.29) is 10.9 Å². The van der Waals surface area contributed by atoms with Crippen molar-refractivity contribution in [2.75, 3.05) is 0 Å². The quantitative estimate of drug-likeness (QED) is 0.564. The molecular formula is C21H21NOSi. The predicted molar refractivity (Wildman–Crippen MR) is 102 cm³/mol. The molecule has 0 spiro atoms. The highest BCUT2D eigenvalue weighted by atomic mass is 28.2. The van der Waals surface area contributed by atoms with Gasteiger partial charge in [0.2, 0.25) is 5.91 Å². The van der Waals surface area contributed by atoms with Gasteiger partial charge < -0.3 is 4.98 Å². The molecule has 0 aliphatic rings. The molecule has 3 heteroatoms. The van der Waals surface area contributed by atoms with Crippen LogP contribution in [0.1, 0.15) is 23.6 Å². The molecule has 1 N–H and O–H groups in total. The van der Waals surface area contributed by atoms with Crippen LogP contribution in [0.3, 0.4) is 0 Å². The van der Waals surface area contributed by atoms with E-state index in [9.17, 15) is 4.79 Å². The maximum absolute atomic E-state index is 11.7. The molecule has 0 aliphatic heterocycles. The number of carbonyl (C=O) groups excluding carboxylic acids is 1. The Hall–Kier alpha value is -2.65. The van der Waals surface area contributed by atoms with Crippen LogP contribution in [0, 0.1) is 0 Å². The van der Waals surface area contributed by atoms with Crippen molar-refractivity contribution in [1.82, 2.24) is 4.98 Å². The van der Waals surface area contributed by atoms with Gasteiger partial charge in [-0.3, -0.25) is 4.79 Å². The molecule has 0 fully saturated rings. The van der Waals surface area contributed by atoms with Gasteiger partial charge in [-0.05, 0) is 16.7 Å². The highest BCUT2D eigenvalue weighted by Crippen LogP contribution is 2.37. The average Bonchev–Trinajstić information content (AvgIpc) is 2.65. The fourth-order valence-electron chi connectivity index (χ4n) is 3.23. The fraction of sp³-hybridized carbons (Fsp3) is 0.0952. The summed E-state index contributed by atoms with van der Waals surface area (Å²) < 4.78 is 0. The van der Waals surface area contributed by atoms with Gasteiger partial charge in [-0.15, -0.1) is 0 Å². The molecule has 0 aliphatic carbocycles. The summed E-state index contributed by atoms with van der Waals surface area (Å²) >= 11 is 0. The van der Waals surface area contributed by atoms with Gasteiger partial charge in [-0.1, -0.05) is 91.0 Å². The molecular weight excluding hydrogens is 310 g/mol. The zero-order chi connectivity index (χ0) is 16.8. The van der Waals surface area contributed by atoms with Crippen molar-refractivity contribution in [3.63, 3.8) is 0 Å². The normalized spacial score (nSPS) is 11.5. The number of nitrogens with one attached hydrogen (secondary N) is 1. The Morgan fingerprint density at radius 1 is 0.708 bits per heavy atom. The lowest BCUT2D eigenvalue weighted by Gasteiger charge is -2.35. The molecule has 0 saturated carbocycles. The molecule has 2 nitrogen and oxygen atoms in total. The second kappa shape index (κ2) is 7.28. The third-order valence-corrected chi connectivity index (χ3v) is 6.83. The Kier molecular flexibility index (Phi) is 4.92. The summed E-state index contributed by atoms with van der Waals surface area (Å²) in [5, 5.41) is -0.282. The number of amides is 1. The fourth-order valence-corrected chi connectivity index (χ4v) is 5.06. The van der Waals surface area contributed by atoms with Crippen molar-refractivity contribution in [2.45, 2.75) is 12.0 Å². The first-order chi connectivity index (χ1) is 11.7. The van der Waals surface area contributed by atoms with Gasteiger partial charge in [0.25, 0.3) is 0 Å². The number of carbonyl (C=O) groups is 1. The molecule has 0 atom stereocenters. The molecule has 3 rings (SSSR count). The largest absolute Gasteiger partial charge is 0.386 e. The van der Waals surface area contributed by atoms with Crippen LogP contribution >= 0.6 is 0 Å². The Morgan fingerprint density at radius 2 is 1.04 bits per heavy atom. The van der Waals surface area contributed by atoms with Crippen molar-refractivity contribution in [1.29, 1.82) is 0 Å². The zero-order valence-electron chi connectivity index (χ0n) is 13.8. The number of hydrogen-bond donors (Lipinski definition) is 1. The van der Waals surface area contributed by atoms with Crippen molar-refractivity contribution >= 4 is 15.6 Å². The summed E-state index contributed by atoms with van der Waals surface area (Å²) in [4.78, 5) is 14.9. The highest BCUT2D eigenvalue weighted by molar-refractivity contribution is 6.44. The van der Waals surface area contributed by atoms with E-state index >= 15 is 0 Å². The van der Waals surface area contributed by atoms with Crippen LogP contribution in [0.25, 0.3) is 0 Å². The molecule has 3 aromatic carbocycles. The smallest absolute Gasteiger partial charge is 0.208 e.